The molecule has 1 unspecified atom stereocenters. The van der Waals surface area contributed by atoms with Gasteiger partial charge in [-0.15, -0.1) is 0 Å². The van der Waals surface area contributed by atoms with Crippen molar-refractivity contribution in [2.24, 2.45) is 0 Å². The van der Waals surface area contributed by atoms with Crippen molar-refractivity contribution in [3.05, 3.63) is 64.1 Å². The lowest BCUT2D eigenvalue weighted by Gasteiger charge is -2.40. The molecule has 0 bridgehead atoms. The van der Waals surface area contributed by atoms with Gasteiger partial charge in [-0.1, -0.05) is 0 Å². The number of aryl methyl sites for hydroxylation is 1. The number of hydrogen-bond donors (Lipinski definition) is 1. The molecule has 8 nitrogen and oxygen atoms in total. The van der Waals surface area contributed by atoms with Crippen molar-refractivity contribution >= 4 is 28.8 Å². The molecule has 1 heterocycles. The first kappa shape index (κ1) is 25.9. The maximum absolute atomic E-state index is 13.9. The summed E-state index contributed by atoms with van der Waals surface area (Å²) < 4.78 is 34.4. The molecule has 2 aromatic carbocycles. The SMILES string of the molecule is CCN(C(=O)C(Cc1cc(F)cc(F)c1)N(C(=O)O)C(C)(C)C)c1ccc2oc(=O)n(CC)c2c1. The van der Waals surface area contributed by atoms with Crippen LogP contribution >= 0.6 is 0 Å². The molecule has 3 aromatic rings. The summed E-state index contributed by atoms with van der Waals surface area (Å²) in [4.78, 5) is 40.6. The van der Waals surface area contributed by atoms with Gasteiger partial charge in [0.05, 0.1) is 5.52 Å². The van der Waals surface area contributed by atoms with E-state index in [2.05, 4.69) is 0 Å². The summed E-state index contributed by atoms with van der Waals surface area (Å²) >= 11 is 0. The Morgan fingerprint density at radius 3 is 2.23 bits per heavy atom. The Hall–Kier alpha value is -3.69. The van der Waals surface area contributed by atoms with E-state index in [1.54, 1.807) is 52.8 Å². The molecule has 0 spiro atoms. The lowest BCUT2D eigenvalue weighted by atomic mass is 9.97. The number of nitrogens with zero attached hydrogens (tertiary/aromatic N) is 3. The minimum absolute atomic E-state index is 0.150. The molecule has 35 heavy (non-hydrogen) atoms. The Balaban J connectivity index is 2.11. The van der Waals surface area contributed by atoms with E-state index in [0.717, 1.165) is 17.0 Å². The molecule has 0 aliphatic carbocycles. The van der Waals surface area contributed by atoms with Crippen LogP contribution in [0, 0.1) is 11.6 Å². The van der Waals surface area contributed by atoms with Crippen molar-refractivity contribution in [2.45, 2.75) is 59.2 Å². The number of carbonyl (C=O) groups is 2. The molecule has 2 amide bonds. The first-order valence-corrected chi connectivity index (χ1v) is 11.3. The quantitative estimate of drug-likeness (QED) is 0.522. The second kappa shape index (κ2) is 9.89. The molecular weight excluding hydrogens is 460 g/mol. The van der Waals surface area contributed by atoms with Crippen LogP contribution in [0.5, 0.6) is 0 Å². The number of rotatable bonds is 7. The van der Waals surface area contributed by atoms with Crippen molar-refractivity contribution in [3.63, 3.8) is 0 Å². The van der Waals surface area contributed by atoms with Gasteiger partial charge in [-0.25, -0.2) is 18.4 Å². The summed E-state index contributed by atoms with van der Waals surface area (Å²) in [5.74, 6) is -2.73. The van der Waals surface area contributed by atoms with Gasteiger partial charge in [0.1, 0.15) is 17.7 Å². The third-order valence-corrected chi connectivity index (χ3v) is 5.74. The molecule has 0 saturated heterocycles. The van der Waals surface area contributed by atoms with E-state index in [1.165, 1.54) is 9.47 Å². The van der Waals surface area contributed by atoms with Crippen LogP contribution in [0.4, 0.5) is 19.3 Å². The Bertz CT molecular complexity index is 1290. The van der Waals surface area contributed by atoms with E-state index in [1.807, 2.05) is 0 Å². The summed E-state index contributed by atoms with van der Waals surface area (Å²) in [6, 6.07) is 6.41. The number of likely N-dealkylation sites (N-methyl/N-ethyl adjacent to an activating group) is 1. The molecule has 0 aliphatic heterocycles. The standard InChI is InChI=1S/C25H29F2N3O5/c1-6-28(18-8-9-21-19(14-18)29(7-2)24(34)35-21)22(31)20(30(23(32)33)25(3,4)5)12-15-10-16(26)13-17(27)11-15/h8-11,13-14,20H,6-7,12H2,1-5H3,(H,32,33). The summed E-state index contributed by atoms with van der Waals surface area (Å²) in [5.41, 5.74) is 0.447. The smallest absolute Gasteiger partial charge is 0.419 e. The van der Waals surface area contributed by atoms with Crippen LogP contribution in [0.2, 0.25) is 0 Å². The van der Waals surface area contributed by atoms with Gasteiger partial charge in [-0.05, 0) is 70.5 Å². The van der Waals surface area contributed by atoms with Gasteiger partial charge in [0, 0.05) is 36.8 Å². The molecule has 0 aliphatic rings. The van der Waals surface area contributed by atoms with Crippen molar-refractivity contribution in [1.82, 2.24) is 9.47 Å². The van der Waals surface area contributed by atoms with Crippen molar-refractivity contribution in [1.29, 1.82) is 0 Å². The molecule has 10 heteroatoms. The number of amides is 2. The Kier molecular flexibility index (Phi) is 7.33. The number of carboxylic acid groups (broad SMARTS) is 1. The molecule has 1 atom stereocenters. The molecule has 0 saturated carbocycles. The largest absolute Gasteiger partial charge is 0.465 e. The van der Waals surface area contributed by atoms with E-state index in [9.17, 15) is 28.3 Å². The molecule has 3 rings (SSSR count). The van der Waals surface area contributed by atoms with Crippen molar-refractivity contribution in [3.8, 4) is 0 Å². The number of fused-ring (bicyclic) bond motifs is 1. The summed E-state index contributed by atoms with van der Waals surface area (Å²) in [7, 11) is 0. The third kappa shape index (κ3) is 5.36. The van der Waals surface area contributed by atoms with Gasteiger partial charge in [-0.2, -0.15) is 0 Å². The van der Waals surface area contributed by atoms with Gasteiger partial charge in [0.25, 0.3) is 0 Å². The van der Waals surface area contributed by atoms with Crippen LogP contribution in [-0.2, 0) is 17.8 Å². The van der Waals surface area contributed by atoms with Crippen molar-refractivity contribution in [2.75, 3.05) is 11.4 Å². The lowest BCUT2D eigenvalue weighted by molar-refractivity contribution is -0.125. The summed E-state index contributed by atoms with van der Waals surface area (Å²) in [6.45, 7) is 8.98. The monoisotopic (exact) mass is 489 g/mol. The van der Waals surface area contributed by atoms with E-state index in [0.29, 0.717) is 29.4 Å². The minimum atomic E-state index is -1.34. The number of benzene rings is 2. The number of hydrogen-bond acceptors (Lipinski definition) is 4. The normalized spacial score (nSPS) is 12.5. The van der Waals surface area contributed by atoms with Crippen LogP contribution in [0.25, 0.3) is 11.1 Å². The molecule has 0 radical (unpaired) electrons. The van der Waals surface area contributed by atoms with Gasteiger partial charge >= 0.3 is 11.8 Å². The first-order valence-electron chi connectivity index (χ1n) is 11.3. The highest BCUT2D eigenvalue weighted by molar-refractivity contribution is 6.00. The minimum Gasteiger partial charge on any atom is -0.465 e. The molecule has 1 N–H and O–H groups in total. The zero-order valence-corrected chi connectivity index (χ0v) is 20.3. The van der Waals surface area contributed by atoms with Gasteiger partial charge < -0.3 is 14.4 Å². The van der Waals surface area contributed by atoms with E-state index in [4.69, 9.17) is 4.42 Å². The van der Waals surface area contributed by atoms with Crippen LogP contribution in [0.1, 0.15) is 40.2 Å². The van der Waals surface area contributed by atoms with E-state index < -0.39 is 41.0 Å². The van der Waals surface area contributed by atoms with Gasteiger partial charge in [0.2, 0.25) is 5.91 Å². The molecule has 188 valence electrons. The van der Waals surface area contributed by atoms with E-state index in [-0.39, 0.29) is 18.5 Å². The molecular formula is C25H29F2N3O5. The third-order valence-electron chi connectivity index (χ3n) is 5.74. The maximum Gasteiger partial charge on any atom is 0.419 e. The second-order valence-corrected chi connectivity index (χ2v) is 9.17. The average Bonchev–Trinajstić information content (AvgIpc) is 3.06. The summed E-state index contributed by atoms with van der Waals surface area (Å²) in [6.07, 6.45) is -1.57. The Morgan fingerprint density at radius 2 is 1.71 bits per heavy atom. The summed E-state index contributed by atoms with van der Waals surface area (Å²) in [5, 5.41) is 10.0. The Morgan fingerprint density at radius 1 is 1.09 bits per heavy atom. The number of halogens is 2. The van der Waals surface area contributed by atoms with Gasteiger partial charge in [0.15, 0.2) is 5.58 Å². The zero-order chi connectivity index (χ0) is 26.1. The fourth-order valence-electron chi connectivity index (χ4n) is 4.29. The highest BCUT2D eigenvalue weighted by atomic mass is 19.1. The van der Waals surface area contributed by atoms with E-state index >= 15 is 0 Å². The fourth-order valence-corrected chi connectivity index (χ4v) is 4.29. The van der Waals surface area contributed by atoms with Crippen LogP contribution < -0.4 is 10.7 Å². The predicted octanol–water partition coefficient (Wildman–Crippen LogP) is 4.64. The number of carbonyl (C=O) groups excluding carboxylic acids is 1. The maximum atomic E-state index is 13.9. The topological polar surface area (TPSA) is 96.0 Å². The van der Waals surface area contributed by atoms with Crippen LogP contribution in [0.15, 0.2) is 45.6 Å². The molecule has 1 aromatic heterocycles. The predicted molar refractivity (Wildman–Crippen MR) is 128 cm³/mol. The number of aromatic nitrogens is 1. The van der Waals surface area contributed by atoms with Gasteiger partial charge in [-0.3, -0.25) is 14.3 Å². The Labute approximate surface area is 201 Å². The zero-order valence-electron chi connectivity index (χ0n) is 20.3. The molecule has 0 fully saturated rings. The average molecular weight is 490 g/mol. The highest BCUT2D eigenvalue weighted by Gasteiger charge is 2.39. The fraction of sp³-hybridized carbons (Fsp3) is 0.400. The van der Waals surface area contributed by atoms with Crippen molar-refractivity contribution < 1.29 is 27.9 Å². The number of oxazole rings is 1. The van der Waals surface area contributed by atoms with Crippen LogP contribution in [0.3, 0.4) is 0 Å². The second-order valence-electron chi connectivity index (χ2n) is 9.17. The van der Waals surface area contributed by atoms with Crippen LogP contribution in [-0.4, -0.2) is 44.7 Å². The lowest BCUT2D eigenvalue weighted by Crippen LogP contribution is -2.58. The number of anilines is 1. The first-order chi connectivity index (χ1) is 16.4. The highest BCUT2D eigenvalue weighted by Crippen LogP contribution is 2.27.